The number of piperidine rings is 1. The van der Waals surface area contributed by atoms with Gasteiger partial charge in [-0.05, 0) is 60.8 Å². The zero-order valence-electron chi connectivity index (χ0n) is 11.3. The van der Waals surface area contributed by atoms with Gasteiger partial charge in [-0.2, -0.15) is 0 Å². The van der Waals surface area contributed by atoms with Crippen molar-refractivity contribution in [3.05, 3.63) is 34.9 Å². The maximum absolute atomic E-state index is 5.92. The minimum Gasteiger partial charge on any atom is -0.326 e. The first kappa shape index (κ1) is 12.2. The Bertz CT molecular complexity index is 423. The molecule has 3 N–H and O–H groups in total. The van der Waals surface area contributed by atoms with Crippen LogP contribution in [0.25, 0.3) is 0 Å². The topological polar surface area (TPSA) is 38.0 Å². The van der Waals surface area contributed by atoms with Gasteiger partial charge in [0.05, 0.1) is 0 Å². The van der Waals surface area contributed by atoms with Gasteiger partial charge < -0.3 is 11.1 Å². The molecule has 1 aliphatic carbocycles. The Morgan fingerprint density at radius 2 is 2.11 bits per heavy atom. The van der Waals surface area contributed by atoms with E-state index in [9.17, 15) is 0 Å². The molecule has 18 heavy (non-hydrogen) atoms. The number of hydrogen-bond acceptors (Lipinski definition) is 2. The molecule has 1 heterocycles. The van der Waals surface area contributed by atoms with Crippen LogP contribution in [-0.2, 0) is 6.54 Å². The van der Waals surface area contributed by atoms with Crippen molar-refractivity contribution in [2.45, 2.75) is 51.1 Å². The van der Waals surface area contributed by atoms with E-state index in [1.165, 1.54) is 42.4 Å². The Balaban J connectivity index is 1.83. The lowest BCUT2D eigenvalue weighted by Gasteiger charge is -2.29. The summed E-state index contributed by atoms with van der Waals surface area (Å²) in [6.07, 6.45) is 5.27. The van der Waals surface area contributed by atoms with Crippen molar-refractivity contribution >= 4 is 0 Å². The van der Waals surface area contributed by atoms with Crippen molar-refractivity contribution in [1.82, 2.24) is 5.32 Å². The number of nitrogens with two attached hydrogens (primary N) is 1. The van der Waals surface area contributed by atoms with Crippen LogP contribution in [0.1, 0.15) is 61.3 Å². The van der Waals surface area contributed by atoms with Gasteiger partial charge in [-0.15, -0.1) is 0 Å². The van der Waals surface area contributed by atoms with E-state index in [2.05, 4.69) is 30.4 Å². The molecule has 1 aromatic rings. The van der Waals surface area contributed by atoms with E-state index < -0.39 is 0 Å². The zero-order valence-corrected chi connectivity index (χ0v) is 11.3. The van der Waals surface area contributed by atoms with Crippen LogP contribution in [-0.4, -0.2) is 6.54 Å². The van der Waals surface area contributed by atoms with Crippen LogP contribution < -0.4 is 11.1 Å². The summed E-state index contributed by atoms with van der Waals surface area (Å²) < 4.78 is 0. The molecule has 0 aromatic heterocycles. The van der Waals surface area contributed by atoms with Crippen molar-refractivity contribution in [3.63, 3.8) is 0 Å². The van der Waals surface area contributed by atoms with Gasteiger partial charge in [-0.25, -0.2) is 0 Å². The quantitative estimate of drug-likeness (QED) is 0.857. The Morgan fingerprint density at radius 1 is 1.28 bits per heavy atom. The molecule has 2 nitrogen and oxygen atoms in total. The fraction of sp³-hybridized carbons (Fsp3) is 0.625. The van der Waals surface area contributed by atoms with Crippen LogP contribution >= 0.6 is 0 Å². The third-order valence-corrected chi connectivity index (χ3v) is 4.47. The van der Waals surface area contributed by atoms with E-state index in [1.54, 1.807) is 0 Å². The van der Waals surface area contributed by atoms with Crippen molar-refractivity contribution in [1.29, 1.82) is 0 Å². The number of hydrogen-bond donors (Lipinski definition) is 2. The summed E-state index contributed by atoms with van der Waals surface area (Å²) >= 11 is 0. The lowest BCUT2D eigenvalue weighted by atomic mass is 9.88. The Morgan fingerprint density at radius 3 is 2.78 bits per heavy atom. The summed E-state index contributed by atoms with van der Waals surface area (Å²) in [6.45, 7) is 4.19. The fourth-order valence-corrected chi connectivity index (χ4v) is 3.17. The van der Waals surface area contributed by atoms with E-state index in [0.717, 1.165) is 18.4 Å². The van der Waals surface area contributed by atoms with E-state index in [0.29, 0.717) is 12.6 Å². The molecular formula is C16H24N2. The summed E-state index contributed by atoms with van der Waals surface area (Å²) in [5.74, 6) is 1.64. The summed E-state index contributed by atoms with van der Waals surface area (Å²) in [4.78, 5) is 0. The second-order valence-electron chi connectivity index (χ2n) is 6.07. The zero-order chi connectivity index (χ0) is 12.5. The van der Waals surface area contributed by atoms with Crippen molar-refractivity contribution in [3.8, 4) is 0 Å². The highest BCUT2D eigenvalue weighted by molar-refractivity contribution is 5.38. The smallest absolute Gasteiger partial charge is 0.0322 e. The summed E-state index contributed by atoms with van der Waals surface area (Å²) in [5, 5.41) is 3.64. The monoisotopic (exact) mass is 244 g/mol. The predicted octanol–water partition coefficient (Wildman–Crippen LogP) is 3.08. The highest BCUT2D eigenvalue weighted by Crippen LogP contribution is 2.42. The van der Waals surface area contributed by atoms with Crippen LogP contribution in [0.4, 0.5) is 0 Å². The molecule has 1 aromatic carbocycles. The average molecular weight is 244 g/mol. The van der Waals surface area contributed by atoms with Gasteiger partial charge in [-0.3, -0.25) is 0 Å². The van der Waals surface area contributed by atoms with E-state index in [-0.39, 0.29) is 0 Å². The third-order valence-electron chi connectivity index (χ3n) is 4.47. The number of benzene rings is 1. The Kier molecular flexibility index (Phi) is 3.40. The van der Waals surface area contributed by atoms with Crippen LogP contribution in [0, 0.1) is 5.92 Å². The molecule has 2 fully saturated rings. The SMILES string of the molecule is CC1CCNC(c2ccc(C3CC3)c(CN)c2)C1. The maximum Gasteiger partial charge on any atom is 0.0322 e. The van der Waals surface area contributed by atoms with Crippen LogP contribution in [0.5, 0.6) is 0 Å². The largest absolute Gasteiger partial charge is 0.326 e. The molecule has 2 heteroatoms. The summed E-state index contributed by atoms with van der Waals surface area (Å²) in [6, 6.07) is 7.54. The number of nitrogens with one attached hydrogen (secondary N) is 1. The number of rotatable bonds is 3. The first-order chi connectivity index (χ1) is 8.78. The van der Waals surface area contributed by atoms with Gasteiger partial charge in [0.1, 0.15) is 0 Å². The molecule has 3 rings (SSSR count). The lowest BCUT2D eigenvalue weighted by Crippen LogP contribution is -2.30. The van der Waals surface area contributed by atoms with Crippen molar-refractivity contribution in [2.75, 3.05) is 6.54 Å². The molecule has 1 aliphatic heterocycles. The van der Waals surface area contributed by atoms with Crippen LogP contribution in [0.15, 0.2) is 18.2 Å². The Labute approximate surface area is 110 Å². The molecule has 0 radical (unpaired) electrons. The third kappa shape index (κ3) is 2.45. The predicted molar refractivity (Wildman–Crippen MR) is 75.5 cm³/mol. The van der Waals surface area contributed by atoms with Crippen LogP contribution in [0.3, 0.4) is 0 Å². The molecule has 98 valence electrons. The normalized spacial score (nSPS) is 28.3. The van der Waals surface area contributed by atoms with Crippen molar-refractivity contribution < 1.29 is 0 Å². The molecule has 2 atom stereocenters. The van der Waals surface area contributed by atoms with Gasteiger partial charge in [0, 0.05) is 12.6 Å². The lowest BCUT2D eigenvalue weighted by molar-refractivity contribution is 0.325. The van der Waals surface area contributed by atoms with Gasteiger partial charge in [-0.1, -0.05) is 25.1 Å². The standard InChI is InChI=1S/C16H24N2/c1-11-6-7-18-16(8-11)13-4-5-15(12-2-3-12)14(9-13)10-17/h4-5,9,11-12,16,18H,2-3,6-8,10,17H2,1H3. The summed E-state index contributed by atoms with van der Waals surface area (Å²) in [5.41, 5.74) is 10.2. The van der Waals surface area contributed by atoms with Gasteiger partial charge in [0.2, 0.25) is 0 Å². The van der Waals surface area contributed by atoms with Crippen LogP contribution in [0.2, 0.25) is 0 Å². The van der Waals surface area contributed by atoms with Crippen molar-refractivity contribution in [2.24, 2.45) is 11.7 Å². The molecule has 2 aliphatic rings. The van der Waals surface area contributed by atoms with E-state index >= 15 is 0 Å². The molecule has 1 saturated carbocycles. The fourth-order valence-electron chi connectivity index (χ4n) is 3.17. The minimum absolute atomic E-state index is 0.535. The van der Waals surface area contributed by atoms with Gasteiger partial charge in [0.25, 0.3) is 0 Å². The van der Waals surface area contributed by atoms with Gasteiger partial charge >= 0.3 is 0 Å². The first-order valence-electron chi connectivity index (χ1n) is 7.34. The Hall–Kier alpha value is -0.860. The maximum atomic E-state index is 5.92. The second-order valence-corrected chi connectivity index (χ2v) is 6.07. The molecule has 2 unspecified atom stereocenters. The molecule has 0 spiro atoms. The second kappa shape index (κ2) is 5.02. The summed E-state index contributed by atoms with van der Waals surface area (Å²) in [7, 11) is 0. The molecule has 0 bridgehead atoms. The van der Waals surface area contributed by atoms with Gasteiger partial charge in [0.15, 0.2) is 0 Å². The highest BCUT2D eigenvalue weighted by atomic mass is 14.9. The average Bonchev–Trinajstić information content (AvgIpc) is 3.22. The minimum atomic E-state index is 0.535. The molecular weight excluding hydrogens is 220 g/mol. The van der Waals surface area contributed by atoms with E-state index in [1.807, 2.05) is 0 Å². The first-order valence-corrected chi connectivity index (χ1v) is 7.34. The van der Waals surface area contributed by atoms with E-state index in [4.69, 9.17) is 5.73 Å². The highest BCUT2D eigenvalue weighted by Gasteiger charge is 2.26. The molecule has 0 amide bonds. The molecule has 1 saturated heterocycles.